The lowest BCUT2D eigenvalue weighted by Gasteiger charge is -2.05. The van der Waals surface area contributed by atoms with E-state index in [1.54, 1.807) is 48.9 Å². The molecule has 1 amide bonds. The molecule has 2 N–H and O–H groups in total. The van der Waals surface area contributed by atoms with E-state index in [0.717, 1.165) is 11.3 Å². The van der Waals surface area contributed by atoms with E-state index in [1.807, 2.05) is 24.3 Å². The number of carbonyl (C=O) groups excluding carboxylic acids is 2. The van der Waals surface area contributed by atoms with E-state index in [4.69, 9.17) is 32.7 Å². The van der Waals surface area contributed by atoms with Crippen LogP contribution in [0.5, 0.6) is 5.75 Å². The van der Waals surface area contributed by atoms with Crippen molar-refractivity contribution in [1.29, 1.82) is 0 Å². The van der Waals surface area contributed by atoms with Crippen LogP contribution < -0.4 is 10.1 Å². The molecule has 0 atom stereocenters. The number of ether oxygens (including phenoxy) is 2. The Balaban J connectivity index is 1.20. The number of hydrogen-bond acceptors (Lipinski definition) is 7. The first-order chi connectivity index (χ1) is 17.9. The summed E-state index contributed by atoms with van der Waals surface area (Å²) in [4.78, 5) is 37.0. The third-order valence-corrected chi connectivity index (χ3v) is 6.68. The standard InChI is InChI=1S/C26H18Cl2N4O4S/c1-35-17-6-2-14(3-7-17)24-29-20-9-4-15(10-21(20)30-24)25(34)36-12-23(33)32-26-31-22(13-37-26)18-8-5-16(27)11-19(18)28/h2-11,13H,12H2,1H3,(H,29,30)(H,31,32,33). The fourth-order valence-electron chi connectivity index (χ4n) is 3.54. The minimum absolute atomic E-state index is 0.291. The number of aromatic amines is 1. The van der Waals surface area contributed by atoms with Crippen LogP contribution in [0, 0.1) is 0 Å². The highest BCUT2D eigenvalue weighted by Crippen LogP contribution is 2.32. The number of methoxy groups -OCH3 is 1. The summed E-state index contributed by atoms with van der Waals surface area (Å²) in [5.74, 6) is 0.256. The van der Waals surface area contributed by atoms with Gasteiger partial charge in [0.25, 0.3) is 5.91 Å². The van der Waals surface area contributed by atoms with Gasteiger partial charge in [-0.2, -0.15) is 0 Å². The maximum Gasteiger partial charge on any atom is 0.338 e. The normalized spacial score (nSPS) is 10.9. The Morgan fingerprint density at radius 2 is 1.84 bits per heavy atom. The van der Waals surface area contributed by atoms with Crippen molar-refractivity contribution < 1.29 is 19.1 Å². The Kier molecular flexibility index (Phi) is 7.09. The van der Waals surface area contributed by atoms with Crippen LogP contribution in [0.4, 0.5) is 5.13 Å². The van der Waals surface area contributed by atoms with Crippen molar-refractivity contribution in [1.82, 2.24) is 15.0 Å². The molecular formula is C26H18Cl2N4O4S. The summed E-state index contributed by atoms with van der Waals surface area (Å²) in [5, 5.41) is 5.71. The van der Waals surface area contributed by atoms with Gasteiger partial charge in [0.05, 0.1) is 34.4 Å². The summed E-state index contributed by atoms with van der Waals surface area (Å²) < 4.78 is 10.4. The Labute approximate surface area is 225 Å². The lowest BCUT2D eigenvalue weighted by Crippen LogP contribution is -2.20. The van der Waals surface area contributed by atoms with Gasteiger partial charge in [-0.3, -0.25) is 10.1 Å². The highest BCUT2D eigenvalue weighted by atomic mass is 35.5. The van der Waals surface area contributed by atoms with Crippen molar-refractivity contribution in [3.8, 4) is 28.4 Å². The molecule has 186 valence electrons. The second-order valence-corrected chi connectivity index (χ2v) is 9.53. The van der Waals surface area contributed by atoms with Gasteiger partial charge in [-0.05, 0) is 60.7 Å². The van der Waals surface area contributed by atoms with Crippen LogP contribution in [0.25, 0.3) is 33.7 Å². The summed E-state index contributed by atoms with van der Waals surface area (Å²) in [7, 11) is 1.61. The Morgan fingerprint density at radius 1 is 1.03 bits per heavy atom. The van der Waals surface area contributed by atoms with Crippen molar-refractivity contribution in [2.75, 3.05) is 19.0 Å². The molecule has 0 saturated carbocycles. The number of rotatable bonds is 7. The van der Waals surface area contributed by atoms with E-state index >= 15 is 0 Å². The largest absolute Gasteiger partial charge is 0.497 e. The van der Waals surface area contributed by atoms with E-state index in [2.05, 4.69) is 20.3 Å². The number of imidazole rings is 1. The number of benzene rings is 3. The second-order valence-electron chi connectivity index (χ2n) is 7.83. The van der Waals surface area contributed by atoms with Crippen molar-refractivity contribution in [2.24, 2.45) is 0 Å². The van der Waals surface area contributed by atoms with E-state index < -0.39 is 18.5 Å². The summed E-state index contributed by atoms with van der Waals surface area (Å²) in [6, 6.07) is 17.5. The van der Waals surface area contributed by atoms with Crippen LogP contribution >= 0.6 is 34.5 Å². The first-order valence-corrected chi connectivity index (χ1v) is 12.6. The highest BCUT2D eigenvalue weighted by Gasteiger charge is 2.15. The van der Waals surface area contributed by atoms with Crippen LogP contribution in [0.15, 0.2) is 66.0 Å². The molecular weight excluding hydrogens is 535 g/mol. The van der Waals surface area contributed by atoms with Gasteiger partial charge in [-0.15, -0.1) is 11.3 Å². The Morgan fingerprint density at radius 3 is 2.59 bits per heavy atom. The first kappa shape index (κ1) is 24.8. The lowest BCUT2D eigenvalue weighted by atomic mass is 10.2. The highest BCUT2D eigenvalue weighted by molar-refractivity contribution is 7.14. The van der Waals surface area contributed by atoms with Gasteiger partial charge in [-0.25, -0.2) is 14.8 Å². The molecule has 2 heterocycles. The molecule has 0 aliphatic heterocycles. The molecule has 0 saturated heterocycles. The number of carbonyl (C=O) groups is 2. The molecule has 0 aliphatic carbocycles. The van der Waals surface area contributed by atoms with Crippen LogP contribution in [0.3, 0.4) is 0 Å². The SMILES string of the molecule is COc1ccc(-c2nc3ccc(C(=O)OCC(=O)Nc4nc(-c5ccc(Cl)cc5Cl)cs4)cc3[nH]2)cc1. The van der Waals surface area contributed by atoms with Crippen LogP contribution in [-0.4, -0.2) is 40.5 Å². The minimum atomic E-state index is -0.634. The predicted octanol–water partition coefficient (Wildman–Crippen LogP) is 6.46. The second kappa shape index (κ2) is 10.6. The van der Waals surface area contributed by atoms with E-state index in [1.165, 1.54) is 11.3 Å². The summed E-state index contributed by atoms with van der Waals surface area (Å²) >= 11 is 13.4. The zero-order valence-electron chi connectivity index (χ0n) is 19.2. The molecule has 0 bridgehead atoms. The summed E-state index contributed by atoms with van der Waals surface area (Å²) in [6.45, 7) is -0.465. The molecule has 0 radical (unpaired) electrons. The number of H-pyrrole nitrogens is 1. The van der Waals surface area contributed by atoms with Gasteiger partial charge < -0.3 is 14.5 Å². The topological polar surface area (TPSA) is 106 Å². The van der Waals surface area contributed by atoms with Crippen LogP contribution in [-0.2, 0) is 9.53 Å². The van der Waals surface area contributed by atoms with E-state index in [-0.39, 0.29) is 0 Å². The monoisotopic (exact) mass is 552 g/mol. The summed E-state index contributed by atoms with van der Waals surface area (Å²) in [6.07, 6.45) is 0. The number of nitrogens with zero attached hydrogens (tertiary/aromatic N) is 2. The maximum absolute atomic E-state index is 12.6. The third kappa shape index (κ3) is 5.59. The first-order valence-electron chi connectivity index (χ1n) is 10.9. The number of aromatic nitrogens is 3. The maximum atomic E-state index is 12.6. The average Bonchev–Trinajstić information content (AvgIpc) is 3.54. The zero-order chi connectivity index (χ0) is 25.9. The molecule has 5 rings (SSSR count). The molecule has 2 aromatic heterocycles. The Hall–Kier alpha value is -3.92. The third-order valence-electron chi connectivity index (χ3n) is 5.37. The smallest absolute Gasteiger partial charge is 0.338 e. The fourth-order valence-corrected chi connectivity index (χ4v) is 4.78. The number of fused-ring (bicyclic) bond motifs is 1. The number of hydrogen-bond donors (Lipinski definition) is 2. The van der Waals surface area contributed by atoms with E-state index in [9.17, 15) is 9.59 Å². The molecule has 0 spiro atoms. The van der Waals surface area contributed by atoms with Crippen molar-refractivity contribution >= 4 is 62.6 Å². The van der Waals surface area contributed by atoms with Crippen molar-refractivity contribution in [3.05, 3.63) is 81.7 Å². The van der Waals surface area contributed by atoms with Crippen LogP contribution in [0.1, 0.15) is 10.4 Å². The van der Waals surface area contributed by atoms with Gasteiger partial charge in [-0.1, -0.05) is 23.2 Å². The Bertz CT molecular complexity index is 1610. The van der Waals surface area contributed by atoms with Crippen LogP contribution in [0.2, 0.25) is 10.0 Å². The molecule has 37 heavy (non-hydrogen) atoms. The minimum Gasteiger partial charge on any atom is -0.497 e. The number of anilines is 1. The van der Waals surface area contributed by atoms with Crippen molar-refractivity contribution in [3.63, 3.8) is 0 Å². The van der Waals surface area contributed by atoms with Gasteiger partial charge in [0.15, 0.2) is 11.7 Å². The number of nitrogens with one attached hydrogen (secondary N) is 2. The number of thiazole rings is 1. The lowest BCUT2D eigenvalue weighted by molar-refractivity contribution is -0.119. The molecule has 11 heteroatoms. The van der Waals surface area contributed by atoms with Crippen molar-refractivity contribution in [2.45, 2.75) is 0 Å². The van der Waals surface area contributed by atoms with Gasteiger partial charge >= 0.3 is 5.97 Å². The number of esters is 1. The predicted molar refractivity (Wildman–Crippen MR) is 145 cm³/mol. The van der Waals surface area contributed by atoms with Gasteiger partial charge in [0, 0.05) is 21.5 Å². The number of amides is 1. The summed E-state index contributed by atoms with van der Waals surface area (Å²) in [5.41, 5.74) is 3.82. The average molecular weight is 553 g/mol. The van der Waals surface area contributed by atoms with E-state index in [0.29, 0.717) is 48.9 Å². The van der Waals surface area contributed by atoms with Gasteiger partial charge in [0.2, 0.25) is 0 Å². The molecule has 5 aromatic rings. The van der Waals surface area contributed by atoms with Gasteiger partial charge in [0.1, 0.15) is 11.6 Å². The molecule has 3 aromatic carbocycles. The molecule has 0 fully saturated rings. The fraction of sp³-hybridized carbons (Fsp3) is 0.0769. The number of halogens is 2. The quantitative estimate of drug-likeness (QED) is 0.224. The molecule has 0 aliphatic rings. The molecule has 0 unspecified atom stereocenters. The zero-order valence-corrected chi connectivity index (χ0v) is 21.6. The molecule has 8 nitrogen and oxygen atoms in total.